The predicted molar refractivity (Wildman–Crippen MR) is 83.1 cm³/mol. The first-order chi connectivity index (χ1) is 8.79. The Labute approximate surface area is 120 Å². The van der Waals surface area contributed by atoms with Crippen LogP contribution < -0.4 is 0 Å². The highest BCUT2D eigenvalue weighted by atomic mass is 14.6. The van der Waals surface area contributed by atoms with Gasteiger partial charge in [-0.15, -0.1) is 0 Å². The van der Waals surface area contributed by atoms with Crippen molar-refractivity contribution in [2.75, 3.05) is 0 Å². The van der Waals surface area contributed by atoms with Crippen molar-refractivity contribution < 1.29 is 0 Å². The molecule has 3 fully saturated rings. The molecule has 0 amide bonds. The highest BCUT2D eigenvalue weighted by molar-refractivity contribution is 5.07. The Kier molecular flexibility index (Phi) is 3.12. The molecule has 0 aromatic carbocycles. The fourth-order valence-electron chi connectivity index (χ4n) is 6.17. The van der Waals surface area contributed by atoms with Crippen molar-refractivity contribution in [3.05, 3.63) is 0 Å². The minimum atomic E-state index is 0.529. The minimum Gasteiger partial charge on any atom is -0.0594 e. The molecule has 110 valence electrons. The quantitative estimate of drug-likeness (QED) is 0.498. The summed E-state index contributed by atoms with van der Waals surface area (Å²) in [5, 5.41) is 0. The van der Waals surface area contributed by atoms with Crippen LogP contribution in [0.3, 0.4) is 0 Å². The molecule has 3 rings (SSSR count). The van der Waals surface area contributed by atoms with Gasteiger partial charge in [-0.05, 0) is 72.5 Å². The van der Waals surface area contributed by atoms with Crippen LogP contribution in [-0.4, -0.2) is 0 Å². The van der Waals surface area contributed by atoms with Gasteiger partial charge in [0.05, 0.1) is 0 Å². The maximum Gasteiger partial charge on any atom is -0.0266 e. The Hall–Kier alpha value is 0. The zero-order valence-electron chi connectivity index (χ0n) is 13.9. The van der Waals surface area contributed by atoms with Crippen molar-refractivity contribution in [1.82, 2.24) is 0 Å². The van der Waals surface area contributed by atoms with Crippen LogP contribution >= 0.6 is 0 Å². The fourth-order valence-corrected chi connectivity index (χ4v) is 6.17. The topological polar surface area (TPSA) is 0 Å². The maximum absolute atomic E-state index is 2.67. The van der Waals surface area contributed by atoms with E-state index in [0.717, 1.165) is 17.8 Å². The van der Waals surface area contributed by atoms with Crippen molar-refractivity contribution >= 4 is 0 Å². The van der Waals surface area contributed by atoms with Gasteiger partial charge in [0.1, 0.15) is 0 Å². The SMILES string of the molecule is CC12CCCCC1CCC1C2CCC(C)(C)C1(C)C. The standard InChI is InChI=1S/C19H34/c1-17(2)13-11-16-15(18(17,3)4)10-9-14-8-6-7-12-19(14,16)5/h14-16H,6-13H2,1-5H3. The zero-order valence-corrected chi connectivity index (χ0v) is 13.9. The van der Waals surface area contributed by atoms with Crippen molar-refractivity contribution in [3.8, 4) is 0 Å². The lowest BCUT2D eigenvalue weighted by Gasteiger charge is -2.64. The summed E-state index contributed by atoms with van der Waals surface area (Å²) in [4.78, 5) is 0. The molecule has 0 nitrogen and oxygen atoms in total. The van der Waals surface area contributed by atoms with E-state index in [9.17, 15) is 0 Å². The molecule has 4 unspecified atom stereocenters. The Bertz CT molecular complexity index is 351. The van der Waals surface area contributed by atoms with Gasteiger partial charge >= 0.3 is 0 Å². The molecule has 0 N–H and O–H groups in total. The third kappa shape index (κ3) is 1.84. The largest absolute Gasteiger partial charge is 0.0594 e. The van der Waals surface area contributed by atoms with Gasteiger partial charge in [0.2, 0.25) is 0 Å². The molecule has 0 radical (unpaired) electrons. The summed E-state index contributed by atoms with van der Waals surface area (Å²) in [7, 11) is 0. The van der Waals surface area contributed by atoms with Gasteiger partial charge in [0.15, 0.2) is 0 Å². The smallest absolute Gasteiger partial charge is 0.0266 e. The monoisotopic (exact) mass is 262 g/mol. The van der Waals surface area contributed by atoms with Gasteiger partial charge in [0, 0.05) is 0 Å². The molecule has 19 heavy (non-hydrogen) atoms. The van der Waals surface area contributed by atoms with Crippen LogP contribution in [0.4, 0.5) is 0 Å². The summed E-state index contributed by atoms with van der Waals surface area (Å²) in [6.07, 6.45) is 12.1. The molecule has 0 heteroatoms. The van der Waals surface area contributed by atoms with Gasteiger partial charge in [-0.25, -0.2) is 0 Å². The van der Waals surface area contributed by atoms with E-state index in [1.54, 1.807) is 0 Å². The van der Waals surface area contributed by atoms with Crippen LogP contribution in [0.15, 0.2) is 0 Å². The van der Waals surface area contributed by atoms with Gasteiger partial charge < -0.3 is 0 Å². The van der Waals surface area contributed by atoms with E-state index in [-0.39, 0.29) is 0 Å². The third-order valence-corrected chi connectivity index (χ3v) is 8.36. The second-order valence-electron chi connectivity index (χ2n) is 9.38. The number of fused-ring (bicyclic) bond motifs is 3. The molecule has 0 bridgehead atoms. The second-order valence-corrected chi connectivity index (χ2v) is 9.38. The minimum absolute atomic E-state index is 0.529. The fraction of sp³-hybridized carbons (Fsp3) is 1.00. The highest BCUT2D eigenvalue weighted by Gasteiger charge is 2.57. The Morgan fingerprint density at radius 2 is 1.42 bits per heavy atom. The van der Waals surface area contributed by atoms with Crippen LogP contribution in [-0.2, 0) is 0 Å². The van der Waals surface area contributed by atoms with Crippen molar-refractivity contribution in [2.24, 2.45) is 34.0 Å². The molecule has 0 heterocycles. The van der Waals surface area contributed by atoms with Crippen LogP contribution in [0.2, 0.25) is 0 Å². The van der Waals surface area contributed by atoms with E-state index in [2.05, 4.69) is 34.6 Å². The van der Waals surface area contributed by atoms with Gasteiger partial charge in [-0.3, -0.25) is 0 Å². The summed E-state index contributed by atoms with van der Waals surface area (Å²) >= 11 is 0. The Morgan fingerprint density at radius 1 is 0.684 bits per heavy atom. The number of rotatable bonds is 0. The summed E-state index contributed by atoms with van der Waals surface area (Å²) < 4.78 is 0. The molecule has 4 atom stereocenters. The second kappa shape index (κ2) is 4.25. The van der Waals surface area contributed by atoms with Crippen LogP contribution in [0, 0.1) is 34.0 Å². The number of hydrogen-bond acceptors (Lipinski definition) is 0. The molecule has 3 aliphatic carbocycles. The van der Waals surface area contributed by atoms with Crippen LogP contribution in [0.5, 0.6) is 0 Å². The van der Waals surface area contributed by atoms with Gasteiger partial charge in [-0.1, -0.05) is 47.5 Å². The van der Waals surface area contributed by atoms with E-state index in [1.165, 1.54) is 51.4 Å². The average molecular weight is 262 g/mol. The van der Waals surface area contributed by atoms with Crippen LogP contribution in [0.25, 0.3) is 0 Å². The van der Waals surface area contributed by atoms with E-state index in [0.29, 0.717) is 16.2 Å². The molecule has 0 aromatic rings. The molecule has 0 spiro atoms. The van der Waals surface area contributed by atoms with Gasteiger partial charge in [-0.2, -0.15) is 0 Å². The molecule has 3 aliphatic rings. The molecule has 0 aliphatic heterocycles. The molecular formula is C19H34. The Morgan fingerprint density at radius 3 is 2.16 bits per heavy atom. The van der Waals surface area contributed by atoms with Crippen LogP contribution in [0.1, 0.15) is 86.0 Å². The summed E-state index contributed by atoms with van der Waals surface area (Å²) in [5.74, 6) is 3.06. The van der Waals surface area contributed by atoms with Crippen molar-refractivity contribution in [1.29, 1.82) is 0 Å². The lowest BCUT2D eigenvalue weighted by molar-refractivity contribution is -0.143. The first-order valence-electron chi connectivity index (χ1n) is 8.79. The van der Waals surface area contributed by atoms with E-state index < -0.39 is 0 Å². The molecule has 0 saturated heterocycles. The first-order valence-corrected chi connectivity index (χ1v) is 8.79. The summed E-state index contributed by atoms with van der Waals surface area (Å²) in [6.45, 7) is 12.9. The molecule has 0 aromatic heterocycles. The van der Waals surface area contributed by atoms with E-state index in [4.69, 9.17) is 0 Å². The normalized spacial score (nSPS) is 48.2. The third-order valence-electron chi connectivity index (χ3n) is 8.36. The Balaban J connectivity index is 1.93. The lowest BCUT2D eigenvalue weighted by Crippen LogP contribution is -2.55. The van der Waals surface area contributed by atoms with E-state index in [1.807, 2.05) is 0 Å². The first kappa shape index (κ1) is 14.0. The highest BCUT2D eigenvalue weighted by Crippen LogP contribution is 2.66. The average Bonchev–Trinajstić information content (AvgIpc) is 2.33. The lowest BCUT2D eigenvalue weighted by atomic mass is 9.41. The maximum atomic E-state index is 2.67. The molecular weight excluding hydrogens is 228 g/mol. The van der Waals surface area contributed by atoms with Crippen molar-refractivity contribution in [2.45, 2.75) is 86.0 Å². The van der Waals surface area contributed by atoms with Gasteiger partial charge in [0.25, 0.3) is 0 Å². The predicted octanol–water partition coefficient (Wildman–Crippen LogP) is 6.06. The molecule has 3 saturated carbocycles. The zero-order chi connectivity index (χ0) is 13.9. The number of hydrogen-bond donors (Lipinski definition) is 0. The van der Waals surface area contributed by atoms with Crippen molar-refractivity contribution in [3.63, 3.8) is 0 Å². The summed E-state index contributed by atoms with van der Waals surface area (Å²) in [5.41, 5.74) is 1.75. The summed E-state index contributed by atoms with van der Waals surface area (Å²) in [6, 6.07) is 0. The van der Waals surface area contributed by atoms with E-state index >= 15 is 0 Å².